The van der Waals surface area contributed by atoms with E-state index in [1.54, 1.807) is 36.1 Å². The third-order valence-electron chi connectivity index (χ3n) is 5.90. The summed E-state index contributed by atoms with van der Waals surface area (Å²) in [6.45, 7) is 0. The van der Waals surface area contributed by atoms with Gasteiger partial charge in [0.15, 0.2) is 0 Å². The van der Waals surface area contributed by atoms with Gasteiger partial charge in [-0.1, -0.05) is 36.4 Å². The fourth-order valence-electron chi connectivity index (χ4n) is 4.17. The molecule has 6 rings (SSSR count). The number of pyridine rings is 3. The molecule has 0 radical (unpaired) electrons. The number of thiophene rings is 1. The van der Waals surface area contributed by atoms with E-state index in [0.717, 1.165) is 44.5 Å². The van der Waals surface area contributed by atoms with Crippen LogP contribution >= 0.6 is 11.3 Å². The summed E-state index contributed by atoms with van der Waals surface area (Å²) in [6.07, 6.45) is 7.21. The third-order valence-corrected chi connectivity index (χ3v) is 7.02. The van der Waals surface area contributed by atoms with Gasteiger partial charge >= 0.3 is 0 Å². The fourth-order valence-corrected chi connectivity index (χ4v) is 5.21. The Morgan fingerprint density at radius 2 is 1.00 bits per heavy atom. The van der Waals surface area contributed by atoms with Crippen LogP contribution in [0.3, 0.4) is 0 Å². The zero-order valence-corrected chi connectivity index (χ0v) is 20.2. The zero-order valence-electron chi connectivity index (χ0n) is 19.4. The molecule has 0 bridgehead atoms. The molecule has 0 atom stereocenters. The molecule has 0 aliphatic rings. The Labute approximate surface area is 214 Å². The molecule has 4 heterocycles. The smallest absolute Gasteiger partial charge is 0.101 e. The number of aromatic nitrogens is 3. The van der Waals surface area contributed by atoms with Crippen LogP contribution in [-0.2, 0) is 0 Å². The van der Waals surface area contributed by atoms with Gasteiger partial charge in [0.1, 0.15) is 5.00 Å². The summed E-state index contributed by atoms with van der Waals surface area (Å²) < 4.78 is 0. The second-order valence-electron chi connectivity index (χ2n) is 8.24. The number of anilines is 3. The highest BCUT2D eigenvalue weighted by Crippen LogP contribution is 2.42. The predicted molar refractivity (Wildman–Crippen MR) is 149 cm³/mol. The standard InChI is InChI=1S/C31H22N4S/c1-3-7-26(8-4-1)35(27-9-5-2-6-10-27)31-12-11-30(36-31)25-21-28(23-13-17-32-18-14-23)34-29(22-25)24-15-19-33-20-16-24/h1-22H. The highest BCUT2D eigenvalue weighted by Gasteiger charge is 2.16. The van der Waals surface area contributed by atoms with Gasteiger partial charge in [-0.3, -0.25) is 9.97 Å². The lowest BCUT2D eigenvalue weighted by atomic mass is 10.1. The number of nitrogens with zero attached hydrogens (tertiary/aromatic N) is 4. The molecule has 36 heavy (non-hydrogen) atoms. The van der Waals surface area contributed by atoms with E-state index in [-0.39, 0.29) is 0 Å². The van der Waals surface area contributed by atoms with Crippen molar-refractivity contribution in [1.29, 1.82) is 0 Å². The van der Waals surface area contributed by atoms with E-state index in [4.69, 9.17) is 4.98 Å². The van der Waals surface area contributed by atoms with E-state index in [1.807, 2.05) is 36.4 Å². The maximum absolute atomic E-state index is 4.98. The minimum absolute atomic E-state index is 0.916. The van der Waals surface area contributed by atoms with Crippen LogP contribution in [0.4, 0.5) is 16.4 Å². The summed E-state index contributed by atoms with van der Waals surface area (Å²) in [5.41, 5.74) is 7.28. The zero-order chi connectivity index (χ0) is 24.2. The second kappa shape index (κ2) is 9.94. The van der Waals surface area contributed by atoms with Gasteiger partial charge in [0.25, 0.3) is 0 Å². The molecule has 4 nitrogen and oxygen atoms in total. The summed E-state index contributed by atoms with van der Waals surface area (Å²) in [4.78, 5) is 16.8. The van der Waals surface area contributed by atoms with Gasteiger partial charge in [-0.05, 0) is 78.4 Å². The molecule has 0 saturated heterocycles. The lowest BCUT2D eigenvalue weighted by molar-refractivity contribution is 1.27. The van der Waals surface area contributed by atoms with Gasteiger partial charge in [-0.2, -0.15) is 0 Å². The number of hydrogen-bond acceptors (Lipinski definition) is 5. The van der Waals surface area contributed by atoms with Gasteiger partial charge < -0.3 is 4.90 Å². The van der Waals surface area contributed by atoms with Crippen LogP contribution in [-0.4, -0.2) is 15.0 Å². The van der Waals surface area contributed by atoms with E-state index in [0.29, 0.717) is 0 Å². The van der Waals surface area contributed by atoms with Crippen LogP contribution < -0.4 is 4.90 Å². The SMILES string of the molecule is c1ccc(N(c2ccccc2)c2ccc(-c3cc(-c4ccncc4)nc(-c4ccncc4)c3)s2)cc1. The van der Waals surface area contributed by atoms with Crippen molar-refractivity contribution in [3.63, 3.8) is 0 Å². The van der Waals surface area contributed by atoms with E-state index >= 15 is 0 Å². The molecule has 5 heteroatoms. The molecule has 0 aliphatic carbocycles. The maximum atomic E-state index is 4.98. The molecule has 4 aromatic heterocycles. The van der Waals surface area contributed by atoms with Crippen LogP contribution in [0.1, 0.15) is 0 Å². The minimum atomic E-state index is 0.916. The van der Waals surface area contributed by atoms with Gasteiger partial charge in [0, 0.05) is 52.2 Å². The molecule has 0 saturated carbocycles. The van der Waals surface area contributed by atoms with Gasteiger partial charge in [0.05, 0.1) is 11.4 Å². The third kappa shape index (κ3) is 4.52. The van der Waals surface area contributed by atoms with E-state index in [2.05, 4.69) is 87.7 Å². The van der Waals surface area contributed by atoms with Crippen molar-refractivity contribution in [3.05, 3.63) is 134 Å². The summed E-state index contributed by atoms with van der Waals surface area (Å²) in [6, 6.07) is 37.6. The van der Waals surface area contributed by atoms with Crippen molar-refractivity contribution < 1.29 is 0 Å². The summed E-state index contributed by atoms with van der Waals surface area (Å²) in [5, 5.41) is 1.15. The molecular formula is C31H22N4S. The number of hydrogen-bond donors (Lipinski definition) is 0. The molecule has 172 valence electrons. The average Bonchev–Trinajstić information content (AvgIpc) is 3.45. The number of benzene rings is 2. The monoisotopic (exact) mass is 482 g/mol. The Balaban J connectivity index is 1.47. The normalized spacial score (nSPS) is 10.8. The molecular weight excluding hydrogens is 460 g/mol. The molecule has 0 N–H and O–H groups in total. The molecule has 0 amide bonds. The fraction of sp³-hybridized carbons (Fsp3) is 0. The number of para-hydroxylation sites is 2. The molecule has 0 fully saturated rings. The van der Waals surface area contributed by atoms with Crippen molar-refractivity contribution in [3.8, 4) is 33.0 Å². The van der Waals surface area contributed by atoms with Crippen molar-refractivity contribution in [2.45, 2.75) is 0 Å². The van der Waals surface area contributed by atoms with Gasteiger partial charge in [0.2, 0.25) is 0 Å². The molecule has 0 unspecified atom stereocenters. The molecule has 2 aromatic carbocycles. The molecule has 6 aromatic rings. The molecule has 0 aliphatic heterocycles. The first-order chi connectivity index (χ1) is 17.8. The Bertz CT molecular complexity index is 1470. The summed E-state index contributed by atoms with van der Waals surface area (Å²) >= 11 is 1.76. The van der Waals surface area contributed by atoms with Crippen molar-refractivity contribution in [1.82, 2.24) is 15.0 Å². The molecule has 0 spiro atoms. The summed E-state index contributed by atoms with van der Waals surface area (Å²) in [5.74, 6) is 0. The highest BCUT2D eigenvalue weighted by molar-refractivity contribution is 7.19. The Morgan fingerprint density at radius 1 is 0.500 bits per heavy atom. The quantitative estimate of drug-likeness (QED) is 0.239. The first-order valence-electron chi connectivity index (χ1n) is 11.7. The van der Waals surface area contributed by atoms with Crippen LogP contribution in [0.2, 0.25) is 0 Å². The van der Waals surface area contributed by atoms with Gasteiger partial charge in [-0.25, -0.2) is 4.98 Å². The van der Waals surface area contributed by atoms with Crippen LogP contribution in [0.5, 0.6) is 0 Å². The average molecular weight is 483 g/mol. The first-order valence-corrected chi connectivity index (χ1v) is 12.5. The van der Waals surface area contributed by atoms with E-state index < -0.39 is 0 Å². The lowest BCUT2D eigenvalue weighted by Gasteiger charge is -2.23. The largest absolute Gasteiger partial charge is 0.302 e. The Morgan fingerprint density at radius 3 is 1.50 bits per heavy atom. The van der Waals surface area contributed by atoms with Crippen molar-refractivity contribution in [2.75, 3.05) is 4.90 Å². The van der Waals surface area contributed by atoms with Crippen molar-refractivity contribution in [2.24, 2.45) is 0 Å². The van der Waals surface area contributed by atoms with Crippen LogP contribution in [0.25, 0.3) is 33.0 Å². The summed E-state index contributed by atoms with van der Waals surface area (Å²) in [7, 11) is 0. The number of rotatable bonds is 6. The highest BCUT2D eigenvalue weighted by atomic mass is 32.1. The van der Waals surface area contributed by atoms with E-state index in [9.17, 15) is 0 Å². The Hall–Kier alpha value is -4.61. The van der Waals surface area contributed by atoms with Gasteiger partial charge in [-0.15, -0.1) is 11.3 Å². The topological polar surface area (TPSA) is 41.9 Å². The lowest BCUT2D eigenvalue weighted by Crippen LogP contribution is -2.07. The second-order valence-corrected chi connectivity index (χ2v) is 9.30. The van der Waals surface area contributed by atoms with Crippen molar-refractivity contribution >= 4 is 27.7 Å². The van der Waals surface area contributed by atoms with E-state index in [1.165, 1.54) is 4.88 Å². The predicted octanol–water partition coefficient (Wildman–Crippen LogP) is 8.40. The Kier molecular flexibility index (Phi) is 6.04. The first kappa shape index (κ1) is 21.9. The van der Waals surface area contributed by atoms with Crippen LogP contribution in [0, 0.1) is 0 Å². The minimum Gasteiger partial charge on any atom is -0.302 e. The maximum Gasteiger partial charge on any atom is 0.101 e. The van der Waals surface area contributed by atoms with Crippen LogP contribution in [0.15, 0.2) is 134 Å².